The Bertz CT molecular complexity index is 443. The average Bonchev–Trinajstić information content (AvgIpc) is 2.43. The molecule has 1 nitrogen and oxygen atoms in total. The largest absolute Gasteiger partial charge is 1.00 e. The van der Waals surface area contributed by atoms with Crippen LogP contribution in [0.15, 0.2) is 18.3 Å². The summed E-state index contributed by atoms with van der Waals surface area (Å²) in [7, 11) is 0. The summed E-state index contributed by atoms with van der Waals surface area (Å²) in [5.41, 5.74) is 2.71. The van der Waals surface area contributed by atoms with Gasteiger partial charge in [0.05, 0.1) is 0 Å². The van der Waals surface area contributed by atoms with E-state index >= 15 is 0 Å². The van der Waals surface area contributed by atoms with Crippen molar-refractivity contribution in [2.75, 3.05) is 0 Å². The van der Waals surface area contributed by atoms with Crippen LogP contribution in [0.1, 0.15) is 69.5 Å². The molecule has 0 saturated carbocycles. The number of hydrogen-bond acceptors (Lipinski definition) is 0. The van der Waals surface area contributed by atoms with E-state index in [-0.39, 0.29) is 24.0 Å². The maximum atomic E-state index is 3.29. The van der Waals surface area contributed by atoms with E-state index < -0.39 is 0 Å². The molecule has 21 heavy (non-hydrogen) atoms. The Morgan fingerprint density at radius 3 is 2.29 bits per heavy atom. The highest BCUT2D eigenvalue weighted by atomic mass is 127. The average molecular weight is 399 g/mol. The van der Waals surface area contributed by atoms with Crippen LogP contribution in [0.25, 0.3) is 0 Å². The van der Waals surface area contributed by atoms with E-state index in [1.54, 1.807) is 0 Å². The Morgan fingerprint density at radius 2 is 1.62 bits per heavy atom. The maximum absolute atomic E-state index is 3.29. The van der Waals surface area contributed by atoms with E-state index in [0.717, 1.165) is 19.4 Å². The summed E-state index contributed by atoms with van der Waals surface area (Å²) in [6.45, 7) is 7.71. The minimum Gasteiger partial charge on any atom is -1.00 e. The second-order valence-corrected chi connectivity index (χ2v) is 5.66. The molecule has 0 aromatic carbocycles. The summed E-state index contributed by atoms with van der Waals surface area (Å²) < 4.78 is 2.36. The van der Waals surface area contributed by atoms with Gasteiger partial charge in [0.1, 0.15) is 6.54 Å². The Kier molecular flexibility index (Phi) is 12.8. The summed E-state index contributed by atoms with van der Waals surface area (Å²) in [4.78, 5) is 0. The fourth-order valence-electron chi connectivity index (χ4n) is 2.33. The summed E-state index contributed by atoms with van der Waals surface area (Å²) in [6, 6.07) is 4.45. The minimum atomic E-state index is 0. The lowest BCUT2D eigenvalue weighted by Gasteiger charge is -2.01. The van der Waals surface area contributed by atoms with Crippen LogP contribution >= 0.6 is 0 Å². The van der Waals surface area contributed by atoms with Crippen LogP contribution in [0.2, 0.25) is 0 Å². The molecule has 1 heterocycles. The third-order valence-electron chi connectivity index (χ3n) is 3.64. The number of hydrogen-bond donors (Lipinski definition) is 0. The molecule has 0 spiro atoms. The number of pyridine rings is 1. The van der Waals surface area contributed by atoms with Crippen LogP contribution in [0.4, 0.5) is 0 Å². The van der Waals surface area contributed by atoms with Crippen molar-refractivity contribution in [1.29, 1.82) is 0 Å². The number of rotatable bonds is 8. The van der Waals surface area contributed by atoms with Crippen LogP contribution in [0.3, 0.4) is 0 Å². The van der Waals surface area contributed by atoms with Crippen LogP contribution in [0.5, 0.6) is 0 Å². The smallest absolute Gasteiger partial charge is 0.178 e. The highest BCUT2D eigenvalue weighted by Crippen LogP contribution is 2.04. The predicted octanol–water partition coefficient (Wildman–Crippen LogP) is 1.74. The first-order valence-corrected chi connectivity index (χ1v) is 8.16. The minimum absolute atomic E-state index is 0. The zero-order valence-electron chi connectivity index (χ0n) is 13.9. The Hall–Kier alpha value is -0.560. The van der Waals surface area contributed by atoms with Crippen molar-refractivity contribution in [2.24, 2.45) is 0 Å². The molecule has 0 atom stereocenters. The van der Waals surface area contributed by atoms with Gasteiger partial charge in [0.2, 0.25) is 0 Å². The first kappa shape index (κ1) is 20.4. The Balaban J connectivity index is 0.00000400. The molecule has 1 aromatic rings. The molecule has 0 unspecified atom stereocenters. The van der Waals surface area contributed by atoms with Gasteiger partial charge in [-0.15, -0.1) is 11.8 Å². The van der Waals surface area contributed by atoms with Crippen molar-refractivity contribution < 1.29 is 28.5 Å². The van der Waals surface area contributed by atoms with Gasteiger partial charge in [0, 0.05) is 38.3 Å². The summed E-state index contributed by atoms with van der Waals surface area (Å²) in [5, 5.41) is 0. The zero-order valence-corrected chi connectivity index (χ0v) is 16.1. The SMILES string of the molecule is CCCCC#CCCCCCC[n+]1ccc(C)cc1C.[I-]. The van der Waals surface area contributed by atoms with Crippen LogP contribution < -0.4 is 28.5 Å². The number of unbranched alkanes of at least 4 members (excludes halogenated alkanes) is 6. The molecule has 0 bridgehead atoms. The Labute approximate surface area is 148 Å². The van der Waals surface area contributed by atoms with E-state index in [2.05, 4.69) is 55.5 Å². The zero-order chi connectivity index (χ0) is 14.6. The maximum Gasteiger partial charge on any atom is 0.178 e. The number of aryl methyl sites for hydroxylation is 3. The lowest BCUT2D eigenvalue weighted by atomic mass is 10.1. The van der Waals surface area contributed by atoms with Crippen molar-refractivity contribution in [3.8, 4) is 11.8 Å². The molecule has 1 aromatic heterocycles. The monoisotopic (exact) mass is 399 g/mol. The topological polar surface area (TPSA) is 3.88 Å². The Morgan fingerprint density at radius 1 is 0.952 bits per heavy atom. The number of halogens is 1. The van der Waals surface area contributed by atoms with E-state index in [1.807, 2.05) is 0 Å². The third-order valence-corrected chi connectivity index (χ3v) is 3.64. The lowest BCUT2D eigenvalue weighted by Crippen LogP contribution is -3.00. The first-order chi connectivity index (χ1) is 9.74. The summed E-state index contributed by atoms with van der Waals surface area (Å²) in [6.07, 6.45) is 12.1. The molecule has 0 aliphatic heterocycles. The van der Waals surface area contributed by atoms with Gasteiger partial charge < -0.3 is 24.0 Å². The first-order valence-electron chi connectivity index (χ1n) is 8.16. The summed E-state index contributed by atoms with van der Waals surface area (Å²) >= 11 is 0. The lowest BCUT2D eigenvalue weighted by molar-refractivity contribution is -0.703. The molecular formula is C19H30IN. The molecule has 1 rings (SSSR count). The third kappa shape index (κ3) is 9.90. The highest BCUT2D eigenvalue weighted by Gasteiger charge is 2.04. The molecule has 0 fully saturated rings. The molecule has 0 amide bonds. The van der Waals surface area contributed by atoms with Crippen LogP contribution in [-0.4, -0.2) is 0 Å². The van der Waals surface area contributed by atoms with Crippen molar-refractivity contribution in [3.05, 3.63) is 29.6 Å². The van der Waals surface area contributed by atoms with Gasteiger partial charge in [0.25, 0.3) is 0 Å². The molecular weight excluding hydrogens is 369 g/mol. The molecule has 0 aliphatic rings. The van der Waals surface area contributed by atoms with Gasteiger partial charge in [-0.2, -0.15) is 0 Å². The van der Waals surface area contributed by atoms with E-state index in [1.165, 1.54) is 49.8 Å². The quantitative estimate of drug-likeness (QED) is 0.271. The molecule has 2 heteroatoms. The molecule has 0 radical (unpaired) electrons. The predicted molar refractivity (Wildman–Crippen MR) is 86.5 cm³/mol. The second-order valence-electron chi connectivity index (χ2n) is 5.66. The standard InChI is InChI=1S/C19H30N.HI/c1-4-5-6-7-8-9-10-11-12-13-15-20-16-14-18(2)17-19(20)3;/h14,16-17H,4-6,9-13,15H2,1-3H3;1H/q+1;/p-1. The van der Waals surface area contributed by atoms with Crippen molar-refractivity contribution in [3.63, 3.8) is 0 Å². The van der Waals surface area contributed by atoms with Crippen molar-refractivity contribution in [2.45, 2.75) is 78.7 Å². The van der Waals surface area contributed by atoms with Crippen molar-refractivity contribution in [1.82, 2.24) is 0 Å². The van der Waals surface area contributed by atoms with E-state index in [0.29, 0.717) is 0 Å². The van der Waals surface area contributed by atoms with Crippen LogP contribution in [0, 0.1) is 25.7 Å². The van der Waals surface area contributed by atoms with Gasteiger partial charge in [0.15, 0.2) is 11.9 Å². The molecule has 118 valence electrons. The van der Waals surface area contributed by atoms with E-state index in [9.17, 15) is 0 Å². The second kappa shape index (κ2) is 13.1. The fourth-order valence-corrected chi connectivity index (χ4v) is 2.33. The van der Waals surface area contributed by atoms with Crippen molar-refractivity contribution >= 4 is 0 Å². The van der Waals surface area contributed by atoms with Crippen LogP contribution in [-0.2, 0) is 6.54 Å². The molecule has 0 N–H and O–H groups in total. The fraction of sp³-hybridized carbons (Fsp3) is 0.632. The van der Waals surface area contributed by atoms with Gasteiger partial charge in [-0.05, 0) is 31.7 Å². The number of nitrogens with zero attached hydrogens (tertiary/aromatic N) is 1. The highest BCUT2D eigenvalue weighted by molar-refractivity contribution is 5.08. The normalized spacial score (nSPS) is 9.67. The van der Waals surface area contributed by atoms with E-state index in [4.69, 9.17) is 0 Å². The van der Waals surface area contributed by atoms with Gasteiger partial charge >= 0.3 is 0 Å². The summed E-state index contributed by atoms with van der Waals surface area (Å²) in [5.74, 6) is 6.55. The van der Waals surface area contributed by atoms with Gasteiger partial charge in [-0.25, -0.2) is 4.57 Å². The molecule has 0 saturated heterocycles. The van der Waals surface area contributed by atoms with Gasteiger partial charge in [-0.3, -0.25) is 0 Å². The number of aromatic nitrogens is 1. The van der Waals surface area contributed by atoms with Gasteiger partial charge in [-0.1, -0.05) is 19.8 Å². The molecule has 0 aliphatic carbocycles.